The van der Waals surface area contributed by atoms with E-state index in [4.69, 9.17) is 4.74 Å². The molecule has 0 saturated heterocycles. The Morgan fingerprint density at radius 1 is 1.56 bits per heavy atom. The predicted octanol–water partition coefficient (Wildman–Crippen LogP) is 3.67. The Kier molecular flexibility index (Phi) is 3.61. The molecule has 4 heteroatoms. The maximum atomic E-state index is 5.85. The van der Waals surface area contributed by atoms with Crippen LogP contribution in [0.4, 0.5) is 0 Å². The second kappa shape index (κ2) is 5.06. The molecule has 0 fully saturated rings. The molecule has 1 aromatic rings. The van der Waals surface area contributed by atoms with Crippen molar-refractivity contribution < 1.29 is 4.74 Å². The van der Waals surface area contributed by atoms with Crippen molar-refractivity contribution in [2.45, 2.75) is 37.3 Å². The summed E-state index contributed by atoms with van der Waals surface area (Å²) in [5.74, 6) is 2.23. The van der Waals surface area contributed by atoms with E-state index in [0.29, 0.717) is 11.3 Å². The van der Waals surface area contributed by atoms with E-state index in [9.17, 15) is 0 Å². The first-order chi connectivity index (χ1) is 8.72. The highest BCUT2D eigenvalue weighted by atomic mass is 79.9. The predicted molar refractivity (Wildman–Crippen MR) is 80.5 cm³/mol. The summed E-state index contributed by atoms with van der Waals surface area (Å²) >= 11 is 5.79. The molecule has 98 valence electrons. The number of thioether (sulfide) groups is 1. The molecule has 2 aliphatic heterocycles. The standard InChI is InChI=1S/C14H18BrNOS/c1-3-16-13-8(2)18-7-10-12(13)11(15)6-9-4-5-17-14(9)10/h6,8,13,16H,3-5,7H2,1-2H3. The van der Waals surface area contributed by atoms with Crippen molar-refractivity contribution in [1.29, 1.82) is 0 Å². The largest absolute Gasteiger partial charge is 0.493 e. The molecular formula is C14H18BrNOS. The first-order valence-electron chi connectivity index (χ1n) is 6.54. The van der Waals surface area contributed by atoms with Crippen LogP contribution in [0.3, 0.4) is 0 Å². The van der Waals surface area contributed by atoms with Gasteiger partial charge in [-0.3, -0.25) is 0 Å². The fraction of sp³-hybridized carbons (Fsp3) is 0.571. The normalized spacial score (nSPS) is 25.5. The van der Waals surface area contributed by atoms with E-state index in [-0.39, 0.29) is 0 Å². The van der Waals surface area contributed by atoms with Gasteiger partial charge >= 0.3 is 0 Å². The van der Waals surface area contributed by atoms with Gasteiger partial charge in [0.25, 0.3) is 0 Å². The number of fused-ring (bicyclic) bond motifs is 3. The van der Waals surface area contributed by atoms with Gasteiger partial charge in [-0.05, 0) is 23.7 Å². The first-order valence-corrected chi connectivity index (χ1v) is 8.38. The zero-order chi connectivity index (χ0) is 12.7. The van der Waals surface area contributed by atoms with Crippen molar-refractivity contribution in [3.8, 4) is 5.75 Å². The summed E-state index contributed by atoms with van der Waals surface area (Å²) in [5, 5.41) is 4.22. The molecule has 0 radical (unpaired) electrons. The average molecular weight is 328 g/mol. The van der Waals surface area contributed by atoms with Gasteiger partial charge in [0.15, 0.2) is 0 Å². The van der Waals surface area contributed by atoms with E-state index < -0.39 is 0 Å². The van der Waals surface area contributed by atoms with Crippen LogP contribution in [-0.4, -0.2) is 18.4 Å². The number of ether oxygens (including phenoxy) is 1. The van der Waals surface area contributed by atoms with Crippen LogP contribution in [0.25, 0.3) is 0 Å². The van der Waals surface area contributed by atoms with Crippen molar-refractivity contribution in [3.63, 3.8) is 0 Å². The maximum Gasteiger partial charge on any atom is 0.127 e. The van der Waals surface area contributed by atoms with E-state index in [0.717, 1.165) is 31.1 Å². The van der Waals surface area contributed by atoms with Crippen molar-refractivity contribution in [2.75, 3.05) is 13.2 Å². The number of hydrogen-bond acceptors (Lipinski definition) is 3. The minimum atomic E-state index is 0.424. The summed E-state index contributed by atoms with van der Waals surface area (Å²) in [6.07, 6.45) is 1.05. The van der Waals surface area contributed by atoms with Crippen molar-refractivity contribution in [2.24, 2.45) is 0 Å². The molecular weight excluding hydrogens is 310 g/mol. The lowest BCUT2D eigenvalue weighted by molar-refractivity contribution is 0.353. The van der Waals surface area contributed by atoms with Crippen LogP contribution in [0.5, 0.6) is 5.75 Å². The Balaban J connectivity index is 2.12. The van der Waals surface area contributed by atoms with E-state index >= 15 is 0 Å². The molecule has 0 bridgehead atoms. The fourth-order valence-corrected chi connectivity index (χ4v) is 4.80. The van der Waals surface area contributed by atoms with E-state index in [1.807, 2.05) is 11.8 Å². The highest BCUT2D eigenvalue weighted by molar-refractivity contribution is 9.10. The highest BCUT2D eigenvalue weighted by Gasteiger charge is 2.33. The lowest BCUT2D eigenvalue weighted by Crippen LogP contribution is -2.32. The van der Waals surface area contributed by atoms with Gasteiger partial charge in [0.2, 0.25) is 0 Å². The lowest BCUT2D eigenvalue weighted by atomic mass is 9.95. The Labute approximate surface area is 121 Å². The third kappa shape index (κ3) is 1.98. The Hall–Kier alpha value is -0.190. The van der Waals surface area contributed by atoms with Gasteiger partial charge in [0, 0.05) is 33.5 Å². The van der Waals surface area contributed by atoms with E-state index in [1.165, 1.54) is 21.2 Å². The van der Waals surface area contributed by atoms with E-state index in [2.05, 4.69) is 41.2 Å². The minimum absolute atomic E-state index is 0.424. The molecule has 2 aliphatic rings. The molecule has 0 aromatic heterocycles. The molecule has 2 heterocycles. The second-order valence-electron chi connectivity index (χ2n) is 4.89. The SMILES string of the molecule is CCNC1c2c(Br)cc3c(c2CSC1C)OCC3. The summed E-state index contributed by atoms with van der Waals surface area (Å²) in [7, 11) is 0. The van der Waals surface area contributed by atoms with Gasteiger partial charge in [0.1, 0.15) is 5.75 Å². The first kappa shape index (κ1) is 12.8. The summed E-state index contributed by atoms with van der Waals surface area (Å²) < 4.78 is 7.10. The Morgan fingerprint density at radius 3 is 3.17 bits per heavy atom. The smallest absolute Gasteiger partial charge is 0.127 e. The Bertz CT molecular complexity index is 477. The number of nitrogens with one attached hydrogen (secondary N) is 1. The third-order valence-corrected chi connectivity index (χ3v) is 5.67. The summed E-state index contributed by atoms with van der Waals surface area (Å²) in [6, 6.07) is 2.68. The van der Waals surface area contributed by atoms with Crippen LogP contribution in [0.2, 0.25) is 0 Å². The zero-order valence-electron chi connectivity index (χ0n) is 10.8. The fourth-order valence-electron chi connectivity index (χ4n) is 2.90. The molecule has 0 amide bonds. The molecule has 1 N–H and O–H groups in total. The molecule has 0 spiro atoms. The van der Waals surface area contributed by atoms with Crippen LogP contribution in [0, 0.1) is 0 Å². The lowest BCUT2D eigenvalue weighted by Gasteiger charge is -2.33. The third-order valence-electron chi connectivity index (χ3n) is 3.76. The summed E-state index contributed by atoms with van der Waals surface area (Å²) in [5.41, 5.74) is 4.20. The maximum absolute atomic E-state index is 5.85. The van der Waals surface area contributed by atoms with Gasteiger partial charge in [-0.25, -0.2) is 0 Å². The average Bonchev–Trinajstić information content (AvgIpc) is 2.80. The van der Waals surface area contributed by atoms with Gasteiger partial charge in [-0.15, -0.1) is 0 Å². The number of halogens is 1. The number of rotatable bonds is 2. The number of hydrogen-bond donors (Lipinski definition) is 1. The van der Waals surface area contributed by atoms with E-state index in [1.54, 1.807) is 0 Å². The van der Waals surface area contributed by atoms with Crippen LogP contribution < -0.4 is 10.1 Å². The zero-order valence-corrected chi connectivity index (χ0v) is 13.2. The highest BCUT2D eigenvalue weighted by Crippen LogP contribution is 2.47. The molecule has 3 rings (SSSR count). The molecule has 1 aromatic carbocycles. The molecule has 18 heavy (non-hydrogen) atoms. The molecule has 0 aliphatic carbocycles. The van der Waals surface area contributed by atoms with Gasteiger partial charge < -0.3 is 10.1 Å². The number of benzene rings is 1. The molecule has 0 saturated carbocycles. The molecule has 2 unspecified atom stereocenters. The van der Waals surface area contributed by atoms with Crippen molar-refractivity contribution >= 4 is 27.7 Å². The van der Waals surface area contributed by atoms with Gasteiger partial charge in [-0.1, -0.05) is 29.8 Å². The van der Waals surface area contributed by atoms with Crippen molar-refractivity contribution in [3.05, 3.63) is 27.2 Å². The molecule has 2 atom stereocenters. The quantitative estimate of drug-likeness (QED) is 0.895. The second-order valence-corrected chi connectivity index (χ2v) is 7.11. The van der Waals surface area contributed by atoms with Crippen LogP contribution in [0.1, 0.15) is 36.6 Å². The van der Waals surface area contributed by atoms with Gasteiger partial charge in [-0.2, -0.15) is 11.8 Å². The Morgan fingerprint density at radius 2 is 2.39 bits per heavy atom. The monoisotopic (exact) mass is 327 g/mol. The summed E-state index contributed by atoms with van der Waals surface area (Å²) in [6.45, 7) is 6.31. The van der Waals surface area contributed by atoms with Crippen LogP contribution >= 0.6 is 27.7 Å². The van der Waals surface area contributed by atoms with Gasteiger partial charge in [0.05, 0.1) is 6.61 Å². The molecule has 2 nitrogen and oxygen atoms in total. The van der Waals surface area contributed by atoms with Crippen LogP contribution in [0.15, 0.2) is 10.5 Å². The van der Waals surface area contributed by atoms with Crippen LogP contribution in [-0.2, 0) is 12.2 Å². The minimum Gasteiger partial charge on any atom is -0.493 e. The van der Waals surface area contributed by atoms with Crippen molar-refractivity contribution in [1.82, 2.24) is 5.32 Å². The summed E-state index contributed by atoms with van der Waals surface area (Å²) in [4.78, 5) is 0. The topological polar surface area (TPSA) is 21.3 Å².